The molecule has 1 aliphatic carbocycles. The highest BCUT2D eigenvalue weighted by atomic mass is 14.9. The van der Waals surface area contributed by atoms with Crippen molar-refractivity contribution in [3.8, 4) is 44.5 Å². The maximum atomic E-state index is 2.51. The van der Waals surface area contributed by atoms with Crippen molar-refractivity contribution in [3.63, 3.8) is 0 Å². The standard InChI is InChI=1S/C65H44N2/c1-66-59-38-13-10-24-45(59)51-33-17-31-49(63(51)66)43-27-15-29-47-55(43)40-56-44(50-32-18-34-52-46-25-11-14-39-60(46)67(2)64(50)52)28-16-30-48(56)61(47)54-35-19-37-58-62(54)53-26-9-12-36-57(53)65(58,41-20-5-3-6-21-41)42-22-7-4-8-23-42/h3-40H,1-2H3. The summed E-state index contributed by atoms with van der Waals surface area (Å²) in [7, 11) is 4.44. The summed E-state index contributed by atoms with van der Waals surface area (Å²) in [6, 6.07) is 86.4. The Morgan fingerprint density at radius 3 is 1.21 bits per heavy atom. The van der Waals surface area contributed by atoms with Crippen molar-refractivity contribution in [3.05, 3.63) is 253 Å². The highest BCUT2D eigenvalue weighted by molar-refractivity contribution is 6.24. The summed E-state index contributed by atoms with van der Waals surface area (Å²) < 4.78 is 4.78. The number of hydrogen-bond acceptors (Lipinski definition) is 0. The van der Waals surface area contributed by atoms with E-state index in [1.54, 1.807) is 0 Å². The minimum Gasteiger partial charge on any atom is -0.343 e. The van der Waals surface area contributed by atoms with E-state index in [9.17, 15) is 0 Å². The molecule has 2 heterocycles. The predicted molar refractivity (Wildman–Crippen MR) is 283 cm³/mol. The minimum atomic E-state index is -0.518. The Morgan fingerprint density at radius 1 is 0.269 bits per heavy atom. The number of rotatable bonds is 5. The third kappa shape index (κ3) is 5.10. The van der Waals surface area contributed by atoms with Gasteiger partial charge in [0.05, 0.1) is 16.4 Å². The van der Waals surface area contributed by atoms with Crippen LogP contribution in [-0.4, -0.2) is 9.13 Å². The molecule has 2 heteroatoms. The van der Waals surface area contributed by atoms with Gasteiger partial charge in [-0.15, -0.1) is 0 Å². The van der Waals surface area contributed by atoms with E-state index in [2.05, 4.69) is 254 Å². The van der Waals surface area contributed by atoms with Crippen LogP contribution in [0.3, 0.4) is 0 Å². The van der Waals surface area contributed by atoms with Gasteiger partial charge in [-0.2, -0.15) is 0 Å². The fraction of sp³-hybridized carbons (Fsp3) is 0.0462. The SMILES string of the molecule is Cn1c2ccccc2c2cccc(-c3cccc4c(-c5cccc6c5-c5ccccc5C6(c5ccccc5)c5ccccc5)c5cccc(-c6cccc7c8ccccc8n(C)c67)c5cc34)c21. The predicted octanol–water partition coefficient (Wildman–Crippen LogP) is 16.6. The maximum Gasteiger partial charge on any atom is 0.0713 e. The van der Waals surface area contributed by atoms with Crippen LogP contribution in [-0.2, 0) is 19.5 Å². The summed E-state index contributed by atoms with van der Waals surface area (Å²) in [5.41, 5.74) is 19.6. The van der Waals surface area contributed by atoms with Crippen LogP contribution in [0.2, 0.25) is 0 Å². The third-order valence-corrected chi connectivity index (χ3v) is 15.2. The van der Waals surface area contributed by atoms with E-state index < -0.39 is 5.41 Å². The lowest BCUT2D eigenvalue weighted by molar-refractivity contribution is 0.768. The second-order valence-corrected chi connectivity index (χ2v) is 18.4. The van der Waals surface area contributed by atoms with Gasteiger partial charge in [0.2, 0.25) is 0 Å². The molecule has 1 aliphatic rings. The number of para-hydroxylation sites is 4. The molecule has 0 unspecified atom stereocenters. The molecule has 0 fully saturated rings. The lowest BCUT2D eigenvalue weighted by atomic mass is 9.67. The Balaban J connectivity index is 1.15. The molecular formula is C65H44N2. The second-order valence-electron chi connectivity index (χ2n) is 18.4. The lowest BCUT2D eigenvalue weighted by Gasteiger charge is -2.34. The highest BCUT2D eigenvalue weighted by Crippen LogP contribution is 2.59. The molecule has 0 spiro atoms. The van der Waals surface area contributed by atoms with Gasteiger partial charge in [0.25, 0.3) is 0 Å². The Labute approximate surface area is 389 Å². The molecule has 11 aromatic carbocycles. The molecule has 2 nitrogen and oxygen atoms in total. The smallest absolute Gasteiger partial charge is 0.0713 e. The molecule has 14 rings (SSSR count). The van der Waals surface area contributed by atoms with Gasteiger partial charge in [-0.05, 0) is 95.4 Å². The summed E-state index contributed by atoms with van der Waals surface area (Å²) in [5, 5.41) is 10.0. The molecule has 0 atom stereocenters. The van der Waals surface area contributed by atoms with Crippen molar-refractivity contribution in [1.82, 2.24) is 9.13 Å². The van der Waals surface area contributed by atoms with Gasteiger partial charge in [-0.25, -0.2) is 0 Å². The van der Waals surface area contributed by atoms with Crippen molar-refractivity contribution in [1.29, 1.82) is 0 Å². The molecule has 13 aromatic rings. The van der Waals surface area contributed by atoms with Crippen LogP contribution in [0.15, 0.2) is 231 Å². The average molecular weight is 853 g/mol. The average Bonchev–Trinajstić information content (AvgIpc) is 3.99. The van der Waals surface area contributed by atoms with Crippen LogP contribution < -0.4 is 0 Å². The van der Waals surface area contributed by atoms with Crippen LogP contribution in [0.1, 0.15) is 22.3 Å². The number of benzene rings is 11. The zero-order chi connectivity index (χ0) is 44.4. The van der Waals surface area contributed by atoms with Gasteiger partial charge in [-0.3, -0.25) is 0 Å². The third-order valence-electron chi connectivity index (χ3n) is 15.2. The van der Waals surface area contributed by atoms with Gasteiger partial charge in [0, 0.05) is 57.8 Å². The van der Waals surface area contributed by atoms with Crippen LogP contribution in [0.4, 0.5) is 0 Å². The molecule has 0 N–H and O–H groups in total. The highest BCUT2D eigenvalue weighted by Gasteiger charge is 2.47. The van der Waals surface area contributed by atoms with Crippen LogP contribution in [0.25, 0.3) is 110 Å². The molecule has 2 aromatic heterocycles. The minimum absolute atomic E-state index is 0.518. The Hall–Kier alpha value is -8.46. The molecule has 0 amide bonds. The van der Waals surface area contributed by atoms with E-state index >= 15 is 0 Å². The zero-order valence-electron chi connectivity index (χ0n) is 37.3. The molecule has 0 bridgehead atoms. The van der Waals surface area contributed by atoms with Crippen molar-refractivity contribution in [2.75, 3.05) is 0 Å². The summed E-state index contributed by atoms with van der Waals surface area (Å²) >= 11 is 0. The number of hydrogen-bond donors (Lipinski definition) is 0. The van der Waals surface area contributed by atoms with Crippen molar-refractivity contribution in [2.24, 2.45) is 14.1 Å². The quantitative estimate of drug-likeness (QED) is 0.153. The number of aromatic nitrogens is 2. The molecule has 0 radical (unpaired) electrons. The van der Waals surface area contributed by atoms with Crippen LogP contribution in [0.5, 0.6) is 0 Å². The Bertz CT molecular complexity index is 3950. The number of fused-ring (bicyclic) bond motifs is 11. The van der Waals surface area contributed by atoms with Crippen LogP contribution >= 0.6 is 0 Å². The van der Waals surface area contributed by atoms with Gasteiger partial charge in [0.15, 0.2) is 0 Å². The Kier molecular flexibility index (Phi) is 8.06. The molecule has 0 saturated carbocycles. The summed E-state index contributed by atoms with van der Waals surface area (Å²) in [6.45, 7) is 0. The van der Waals surface area contributed by atoms with E-state index in [1.807, 2.05) is 0 Å². The van der Waals surface area contributed by atoms with E-state index in [0.29, 0.717) is 0 Å². The Morgan fingerprint density at radius 2 is 0.657 bits per heavy atom. The molecule has 67 heavy (non-hydrogen) atoms. The normalized spacial score (nSPS) is 13.0. The molecule has 314 valence electrons. The largest absolute Gasteiger partial charge is 0.343 e. The van der Waals surface area contributed by atoms with Crippen molar-refractivity contribution >= 4 is 65.2 Å². The van der Waals surface area contributed by atoms with Crippen molar-refractivity contribution in [2.45, 2.75) is 5.41 Å². The fourth-order valence-corrected chi connectivity index (χ4v) is 12.5. The fourth-order valence-electron chi connectivity index (χ4n) is 12.5. The molecular weight excluding hydrogens is 809 g/mol. The summed E-state index contributed by atoms with van der Waals surface area (Å²) in [4.78, 5) is 0. The first-order chi connectivity index (χ1) is 33.1. The lowest BCUT2D eigenvalue weighted by Crippen LogP contribution is -2.28. The van der Waals surface area contributed by atoms with Crippen molar-refractivity contribution < 1.29 is 0 Å². The summed E-state index contributed by atoms with van der Waals surface area (Å²) in [5.74, 6) is 0. The second kappa shape index (κ2) is 14.3. The monoisotopic (exact) mass is 852 g/mol. The number of aryl methyl sites for hydroxylation is 2. The first-order valence-corrected chi connectivity index (χ1v) is 23.4. The first kappa shape index (κ1) is 37.9. The van der Waals surface area contributed by atoms with Gasteiger partial charge in [-0.1, -0.05) is 212 Å². The van der Waals surface area contributed by atoms with E-state index in [1.165, 1.54) is 132 Å². The van der Waals surface area contributed by atoms with E-state index in [-0.39, 0.29) is 0 Å². The van der Waals surface area contributed by atoms with E-state index in [4.69, 9.17) is 0 Å². The van der Waals surface area contributed by atoms with Gasteiger partial charge >= 0.3 is 0 Å². The maximum absolute atomic E-state index is 2.51. The first-order valence-electron chi connectivity index (χ1n) is 23.4. The topological polar surface area (TPSA) is 9.86 Å². The number of nitrogens with zero attached hydrogens (tertiary/aromatic N) is 2. The van der Waals surface area contributed by atoms with Gasteiger partial charge in [0.1, 0.15) is 0 Å². The zero-order valence-corrected chi connectivity index (χ0v) is 37.3. The molecule has 0 aliphatic heterocycles. The molecule has 0 saturated heterocycles. The van der Waals surface area contributed by atoms with Crippen LogP contribution in [0, 0.1) is 0 Å². The summed E-state index contributed by atoms with van der Waals surface area (Å²) in [6.07, 6.45) is 0. The van der Waals surface area contributed by atoms with Gasteiger partial charge < -0.3 is 9.13 Å². The van der Waals surface area contributed by atoms with E-state index in [0.717, 1.165) is 0 Å².